The first-order chi connectivity index (χ1) is 10.2. The minimum atomic E-state index is -0.248. The zero-order chi connectivity index (χ0) is 15.1. The molecule has 4 heteroatoms. The van der Waals surface area contributed by atoms with Crippen LogP contribution >= 0.6 is 0 Å². The van der Waals surface area contributed by atoms with Crippen molar-refractivity contribution in [1.29, 1.82) is 0 Å². The van der Waals surface area contributed by atoms with Gasteiger partial charge in [0.25, 0.3) is 5.91 Å². The van der Waals surface area contributed by atoms with Crippen LogP contribution in [0.25, 0.3) is 0 Å². The zero-order valence-electron chi connectivity index (χ0n) is 11.8. The van der Waals surface area contributed by atoms with Crippen LogP contribution in [0.3, 0.4) is 0 Å². The fraction of sp³-hybridized carbons (Fsp3) is 0.176. The predicted molar refractivity (Wildman–Crippen MR) is 82.0 cm³/mol. The summed E-state index contributed by atoms with van der Waals surface area (Å²) in [7, 11) is 0. The molecule has 0 saturated carbocycles. The molecule has 21 heavy (non-hydrogen) atoms. The van der Waals surface area contributed by atoms with Gasteiger partial charge in [0.2, 0.25) is 0 Å². The van der Waals surface area contributed by atoms with E-state index in [1.807, 2.05) is 19.1 Å². The third-order valence-electron chi connectivity index (χ3n) is 2.79. The van der Waals surface area contributed by atoms with Gasteiger partial charge < -0.3 is 10.4 Å². The Morgan fingerprint density at radius 2 is 2.19 bits per heavy atom. The lowest BCUT2D eigenvalue weighted by atomic mass is 10.0. The monoisotopic (exact) mass is 280 g/mol. The highest BCUT2D eigenvalue weighted by Gasteiger charge is 2.11. The highest BCUT2D eigenvalue weighted by molar-refractivity contribution is 6.05. The summed E-state index contributed by atoms with van der Waals surface area (Å²) in [6.07, 6.45) is 2.00. The molecule has 0 fully saturated rings. The van der Waals surface area contributed by atoms with Crippen LogP contribution in [-0.2, 0) is 0 Å². The Morgan fingerprint density at radius 3 is 2.90 bits per heavy atom. The highest BCUT2D eigenvalue weighted by atomic mass is 16.2. The maximum absolute atomic E-state index is 12.3. The standard InChI is InChI=1S/C17H16N2O2/c1-13-8-9-15(14(12-13)6-3-5-11-20)17(21)19-16-7-2-4-10-18-16/h2,4,7-10,12,20H,5,11H2,1H3,(H,18,19,21). The van der Waals surface area contributed by atoms with E-state index in [0.29, 0.717) is 23.4 Å². The number of anilines is 1. The van der Waals surface area contributed by atoms with Gasteiger partial charge in [-0.2, -0.15) is 0 Å². The molecule has 0 atom stereocenters. The molecule has 0 saturated heterocycles. The minimum Gasteiger partial charge on any atom is -0.395 e. The maximum atomic E-state index is 12.3. The second-order valence-corrected chi connectivity index (χ2v) is 4.49. The number of pyridine rings is 1. The summed E-state index contributed by atoms with van der Waals surface area (Å²) in [4.78, 5) is 16.4. The molecule has 2 rings (SSSR count). The summed E-state index contributed by atoms with van der Waals surface area (Å²) >= 11 is 0. The number of carbonyl (C=O) groups excluding carboxylic acids is 1. The third kappa shape index (κ3) is 4.16. The van der Waals surface area contributed by atoms with Crippen molar-refractivity contribution in [3.63, 3.8) is 0 Å². The van der Waals surface area contributed by atoms with E-state index in [1.165, 1.54) is 0 Å². The van der Waals surface area contributed by atoms with Crippen LogP contribution in [0.2, 0.25) is 0 Å². The van der Waals surface area contributed by atoms with Gasteiger partial charge in [-0.1, -0.05) is 24.0 Å². The van der Waals surface area contributed by atoms with Gasteiger partial charge in [-0.3, -0.25) is 4.79 Å². The van der Waals surface area contributed by atoms with Crippen LogP contribution in [0.1, 0.15) is 27.9 Å². The number of nitrogens with zero attached hydrogens (tertiary/aromatic N) is 1. The second-order valence-electron chi connectivity index (χ2n) is 4.49. The summed E-state index contributed by atoms with van der Waals surface area (Å²) in [6.45, 7) is 1.95. The number of aliphatic hydroxyl groups excluding tert-OH is 1. The van der Waals surface area contributed by atoms with Crippen molar-refractivity contribution in [2.24, 2.45) is 0 Å². The quantitative estimate of drug-likeness (QED) is 0.849. The van der Waals surface area contributed by atoms with Crippen molar-refractivity contribution >= 4 is 11.7 Å². The average Bonchev–Trinajstić information content (AvgIpc) is 2.48. The number of rotatable bonds is 3. The van der Waals surface area contributed by atoms with Crippen molar-refractivity contribution in [3.05, 3.63) is 59.3 Å². The number of aryl methyl sites for hydroxylation is 1. The fourth-order valence-electron chi connectivity index (χ4n) is 1.79. The second kappa shape index (κ2) is 7.22. The average molecular weight is 280 g/mol. The van der Waals surface area contributed by atoms with Crippen molar-refractivity contribution in [3.8, 4) is 11.8 Å². The van der Waals surface area contributed by atoms with Gasteiger partial charge in [0.1, 0.15) is 5.82 Å². The van der Waals surface area contributed by atoms with E-state index in [2.05, 4.69) is 22.1 Å². The Kier molecular flexibility index (Phi) is 5.08. The highest BCUT2D eigenvalue weighted by Crippen LogP contribution is 2.13. The summed E-state index contributed by atoms with van der Waals surface area (Å²) in [5.74, 6) is 6.02. The lowest BCUT2D eigenvalue weighted by Crippen LogP contribution is -2.14. The van der Waals surface area contributed by atoms with E-state index >= 15 is 0 Å². The molecule has 1 aromatic heterocycles. The minimum absolute atomic E-state index is 0.00822. The van der Waals surface area contributed by atoms with Crippen LogP contribution in [-0.4, -0.2) is 22.6 Å². The first-order valence-corrected chi connectivity index (χ1v) is 6.63. The lowest BCUT2D eigenvalue weighted by Gasteiger charge is -2.07. The molecule has 1 heterocycles. The van der Waals surface area contributed by atoms with Gasteiger partial charge in [-0.25, -0.2) is 4.98 Å². The molecule has 2 N–H and O–H groups in total. The van der Waals surface area contributed by atoms with Gasteiger partial charge in [0, 0.05) is 18.2 Å². The molecule has 2 aromatic rings. The Hall–Kier alpha value is -2.64. The summed E-state index contributed by atoms with van der Waals surface area (Å²) in [5.41, 5.74) is 2.17. The van der Waals surface area contributed by atoms with Gasteiger partial charge in [-0.15, -0.1) is 0 Å². The normalized spacial score (nSPS) is 9.62. The molecule has 0 aliphatic carbocycles. The molecule has 106 valence electrons. The Balaban J connectivity index is 2.26. The molecule has 0 aliphatic heterocycles. The van der Waals surface area contributed by atoms with Gasteiger partial charge >= 0.3 is 0 Å². The number of aliphatic hydroxyl groups is 1. The van der Waals surface area contributed by atoms with Crippen LogP contribution < -0.4 is 5.32 Å². The molecule has 0 radical (unpaired) electrons. The molecule has 1 aromatic carbocycles. The van der Waals surface area contributed by atoms with Crippen molar-refractivity contribution < 1.29 is 9.90 Å². The summed E-state index contributed by atoms with van der Waals surface area (Å²) in [5, 5.41) is 11.5. The summed E-state index contributed by atoms with van der Waals surface area (Å²) in [6, 6.07) is 10.8. The van der Waals surface area contributed by atoms with Crippen LogP contribution in [0.5, 0.6) is 0 Å². The van der Waals surface area contributed by atoms with Crippen molar-refractivity contribution in [1.82, 2.24) is 4.98 Å². The van der Waals surface area contributed by atoms with Crippen molar-refractivity contribution in [2.45, 2.75) is 13.3 Å². The first-order valence-electron chi connectivity index (χ1n) is 6.63. The Morgan fingerprint density at radius 1 is 1.33 bits per heavy atom. The van der Waals surface area contributed by atoms with Crippen LogP contribution in [0.15, 0.2) is 42.6 Å². The van der Waals surface area contributed by atoms with E-state index in [9.17, 15) is 4.79 Å². The molecule has 0 unspecified atom stereocenters. The number of benzene rings is 1. The number of amides is 1. The predicted octanol–water partition coefficient (Wildman–Crippen LogP) is 2.38. The molecule has 1 amide bonds. The first kappa shape index (κ1) is 14.8. The van der Waals surface area contributed by atoms with Crippen LogP contribution in [0.4, 0.5) is 5.82 Å². The molecule has 4 nitrogen and oxygen atoms in total. The SMILES string of the molecule is Cc1ccc(C(=O)Nc2ccccn2)c(C#CCCO)c1. The van der Waals surface area contributed by atoms with Crippen LogP contribution in [0, 0.1) is 18.8 Å². The molecule has 0 aliphatic rings. The summed E-state index contributed by atoms with van der Waals surface area (Å²) < 4.78 is 0. The van der Waals surface area contributed by atoms with Gasteiger partial charge in [0.05, 0.1) is 12.2 Å². The van der Waals surface area contributed by atoms with Gasteiger partial charge in [-0.05, 0) is 36.8 Å². The van der Waals surface area contributed by atoms with Crippen molar-refractivity contribution in [2.75, 3.05) is 11.9 Å². The number of hydrogen-bond donors (Lipinski definition) is 2. The van der Waals surface area contributed by atoms with E-state index in [-0.39, 0.29) is 12.5 Å². The fourth-order valence-corrected chi connectivity index (χ4v) is 1.79. The van der Waals surface area contributed by atoms with E-state index < -0.39 is 0 Å². The molecular weight excluding hydrogens is 264 g/mol. The number of carbonyl (C=O) groups is 1. The van der Waals surface area contributed by atoms with E-state index in [0.717, 1.165) is 5.56 Å². The maximum Gasteiger partial charge on any atom is 0.258 e. The third-order valence-corrected chi connectivity index (χ3v) is 2.79. The Labute approximate surface area is 123 Å². The topological polar surface area (TPSA) is 62.2 Å². The molecular formula is C17H16N2O2. The number of nitrogens with one attached hydrogen (secondary N) is 1. The number of hydrogen-bond acceptors (Lipinski definition) is 3. The lowest BCUT2D eigenvalue weighted by molar-refractivity contribution is 0.102. The molecule has 0 spiro atoms. The Bertz CT molecular complexity index is 685. The zero-order valence-corrected chi connectivity index (χ0v) is 11.8. The number of aromatic nitrogens is 1. The molecule has 0 bridgehead atoms. The smallest absolute Gasteiger partial charge is 0.258 e. The van der Waals surface area contributed by atoms with Gasteiger partial charge in [0.15, 0.2) is 0 Å². The largest absolute Gasteiger partial charge is 0.395 e. The van der Waals surface area contributed by atoms with E-state index in [1.54, 1.807) is 30.5 Å². The van der Waals surface area contributed by atoms with E-state index in [4.69, 9.17) is 5.11 Å².